The van der Waals surface area contributed by atoms with Gasteiger partial charge in [-0.3, -0.25) is 4.90 Å². The van der Waals surface area contributed by atoms with Crippen molar-refractivity contribution in [2.24, 2.45) is 0 Å². The molecule has 0 radical (unpaired) electrons. The molecule has 2 amide bonds. The Labute approximate surface area is 129 Å². The molecule has 1 aliphatic rings. The van der Waals surface area contributed by atoms with E-state index in [0.29, 0.717) is 12.1 Å². The van der Waals surface area contributed by atoms with Crippen molar-refractivity contribution in [2.45, 2.75) is 38.8 Å². The maximum absolute atomic E-state index is 12.1. The van der Waals surface area contributed by atoms with Crippen LogP contribution in [-0.2, 0) is 4.79 Å². The monoisotopic (exact) mass is 304 g/mol. The minimum absolute atomic E-state index is 0.0122. The number of phenolic OH excluding ortho intramolecular Hbond substituents is 1. The Morgan fingerprint density at radius 3 is 2.68 bits per heavy atom. The Kier molecular flexibility index (Phi) is 4.12. The van der Waals surface area contributed by atoms with Crippen molar-refractivity contribution in [1.82, 2.24) is 5.32 Å². The van der Waals surface area contributed by atoms with E-state index in [1.165, 1.54) is 11.0 Å². The molecule has 118 valence electrons. The van der Waals surface area contributed by atoms with Gasteiger partial charge in [0, 0.05) is 12.0 Å². The van der Waals surface area contributed by atoms with Crippen molar-refractivity contribution >= 4 is 17.7 Å². The first-order valence-electron chi connectivity index (χ1n) is 7.14. The molecule has 2 rings (SSSR count). The second-order valence-electron chi connectivity index (χ2n) is 5.62. The van der Waals surface area contributed by atoms with Crippen molar-refractivity contribution in [3.63, 3.8) is 0 Å². The Balaban J connectivity index is 2.42. The number of aliphatic carboxylic acids is 1. The van der Waals surface area contributed by atoms with Crippen LogP contribution in [0.5, 0.6) is 5.75 Å². The molecule has 1 atom stereocenters. The van der Waals surface area contributed by atoms with E-state index < -0.39 is 11.6 Å². The Bertz CT molecular complexity index is 641. The van der Waals surface area contributed by atoms with E-state index in [4.69, 9.17) is 5.11 Å². The largest absolute Gasteiger partial charge is 0.506 e. The lowest BCUT2D eigenvalue weighted by atomic mass is 9.89. The fourth-order valence-corrected chi connectivity index (χ4v) is 2.83. The lowest BCUT2D eigenvalue weighted by Gasteiger charge is -2.53. The molecule has 6 nitrogen and oxygen atoms in total. The van der Waals surface area contributed by atoms with Crippen LogP contribution in [0.15, 0.2) is 30.4 Å². The summed E-state index contributed by atoms with van der Waals surface area (Å²) in [5.74, 6) is -1.10. The molecule has 0 aliphatic carbocycles. The fourth-order valence-electron chi connectivity index (χ4n) is 2.83. The van der Waals surface area contributed by atoms with Crippen molar-refractivity contribution in [2.75, 3.05) is 4.90 Å². The number of urea groups is 1. The molecule has 3 N–H and O–H groups in total. The van der Waals surface area contributed by atoms with Crippen LogP contribution in [0.3, 0.4) is 0 Å². The number of hydrogen-bond acceptors (Lipinski definition) is 3. The van der Waals surface area contributed by atoms with E-state index in [-0.39, 0.29) is 23.8 Å². The first kappa shape index (κ1) is 15.9. The SMILES string of the molecule is C=C(CC1(CCC)NC(=O)N1c1cc(C)ccc1O)C(=O)O. The molecule has 1 aromatic carbocycles. The molecular weight excluding hydrogens is 284 g/mol. The van der Waals surface area contributed by atoms with E-state index >= 15 is 0 Å². The van der Waals surface area contributed by atoms with Crippen molar-refractivity contribution in [3.05, 3.63) is 35.9 Å². The normalized spacial score (nSPS) is 20.3. The predicted molar refractivity (Wildman–Crippen MR) is 82.9 cm³/mol. The highest BCUT2D eigenvalue weighted by molar-refractivity contribution is 6.02. The number of rotatable bonds is 6. The van der Waals surface area contributed by atoms with Crippen LogP contribution in [0.2, 0.25) is 0 Å². The zero-order valence-corrected chi connectivity index (χ0v) is 12.7. The van der Waals surface area contributed by atoms with Crippen molar-refractivity contribution < 1.29 is 19.8 Å². The third kappa shape index (κ3) is 2.64. The lowest BCUT2D eigenvalue weighted by molar-refractivity contribution is -0.133. The lowest BCUT2D eigenvalue weighted by Crippen LogP contribution is -2.76. The van der Waals surface area contributed by atoms with Gasteiger partial charge < -0.3 is 15.5 Å². The van der Waals surface area contributed by atoms with Crippen LogP contribution in [0, 0.1) is 6.92 Å². The van der Waals surface area contributed by atoms with Gasteiger partial charge in [-0.15, -0.1) is 0 Å². The average Bonchev–Trinajstić information content (AvgIpc) is 2.42. The Morgan fingerprint density at radius 1 is 1.45 bits per heavy atom. The number of carboxylic acid groups (broad SMARTS) is 1. The van der Waals surface area contributed by atoms with Crippen LogP contribution in [-0.4, -0.2) is 27.9 Å². The highest BCUT2D eigenvalue weighted by Crippen LogP contribution is 2.41. The third-order valence-corrected chi connectivity index (χ3v) is 3.81. The number of phenols is 1. The summed E-state index contributed by atoms with van der Waals surface area (Å²) in [6, 6.07) is 4.63. The topological polar surface area (TPSA) is 89.9 Å². The Morgan fingerprint density at radius 2 is 2.14 bits per heavy atom. The van der Waals surface area contributed by atoms with E-state index in [9.17, 15) is 14.7 Å². The predicted octanol–water partition coefficient (Wildman–Crippen LogP) is 2.76. The molecule has 6 heteroatoms. The van der Waals surface area contributed by atoms with Gasteiger partial charge >= 0.3 is 12.0 Å². The maximum Gasteiger partial charge on any atom is 0.331 e. The van der Waals surface area contributed by atoms with Crippen molar-refractivity contribution in [1.29, 1.82) is 0 Å². The van der Waals surface area contributed by atoms with E-state index in [1.54, 1.807) is 12.1 Å². The van der Waals surface area contributed by atoms with Crippen molar-refractivity contribution in [3.8, 4) is 5.75 Å². The molecule has 0 aromatic heterocycles. The fraction of sp³-hybridized carbons (Fsp3) is 0.375. The number of benzene rings is 1. The molecule has 0 saturated carbocycles. The van der Waals surface area contributed by atoms with E-state index in [1.807, 2.05) is 13.8 Å². The number of nitrogens with zero attached hydrogens (tertiary/aromatic N) is 1. The number of aromatic hydroxyl groups is 1. The van der Waals surface area contributed by atoms with Gasteiger partial charge in [0.1, 0.15) is 11.4 Å². The second kappa shape index (κ2) is 5.71. The van der Waals surface area contributed by atoms with Gasteiger partial charge in [0.2, 0.25) is 0 Å². The summed E-state index contributed by atoms with van der Waals surface area (Å²) in [6.07, 6.45) is 1.39. The minimum Gasteiger partial charge on any atom is -0.506 e. The molecular formula is C16H20N2O4. The number of anilines is 1. The van der Waals surface area contributed by atoms with Gasteiger partial charge in [0.05, 0.1) is 5.69 Å². The standard InChI is InChI=1S/C16H20N2O4/c1-4-7-16(9-11(3)14(20)21)17-15(22)18(16)12-8-10(2)5-6-13(12)19/h5-6,8,19H,3-4,7,9H2,1-2H3,(H,17,22)(H,20,21). The van der Waals surface area contributed by atoms with Crippen LogP contribution in [0.1, 0.15) is 31.7 Å². The summed E-state index contributed by atoms with van der Waals surface area (Å²) in [5.41, 5.74) is 0.447. The van der Waals surface area contributed by atoms with Crippen LogP contribution in [0.25, 0.3) is 0 Å². The maximum atomic E-state index is 12.1. The number of hydrogen-bond donors (Lipinski definition) is 3. The number of carbonyl (C=O) groups is 2. The molecule has 1 unspecified atom stereocenters. The first-order valence-corrected chi connectivity index (χ1v) is 7.14. The number of aryl methyl sites for hydroxylation is 1. The zero-order chi connectivity index (χ0) is 16.5. The summed E-state index contributed by atoms with van der Waals surface area (Å²) < 4.78 is 0. The quantitative estimate of drug-likeness (QED) is 0.705. The Hall–Kier alpha value is -2.50. The van der Waals surface area contributed by atoms with Gasteiger partial charge in [0.15, 0.2) is 0 Å². The third-order valence-electron chi connectivity index (χ3n) is 3.81. The summed E-state index contributed by atoms with van der Waals surface area (Å²) in [5, 5.41) is 21.9. The van der Waals surface area contributed by atoms with Crippen LogP contribution in [0.4, 0.5) is 10.5 Å². The first-order chi connectivity index (χ1) is 10.3. The van der Waals surface area contributed by atoms with Gasteiger partial charge in [-0.2, -0.15) is 0 Å². The summed E-state index contributed by atoms with van der Waals surface area (Å²) in [4.78, 5) is 24.6. The highest BCUT2D eigenvalue weighted by Gasteiger charge is 2.52. The van der Waals surface area contributed by atoms with Gasteiger partial charge in [-0.05, 0) is 31.0 Å². The number of nitrogens with one attached hydrogen (secondary N) is 1. The average molecular weight is 304 g/mol. The molecule has 1 aromatic rings. The second-order valence-corrected chi connectivity index (χ2v) is 5.62. The number of carbonyl (C=O) groups excluding carboxylic acids is 1. The molecule has 0 spiro atoms. The zero-order valence-electron chi connectivity index (χ0n) is 12.7. The van der Waals surface area contributed by atoms with E-state index in [0.717, 1.165) is 12.0 Å². The molecule has 1 aliphatic heterocycles. The molecule has 0 bridgehead atoms. The molecule has 22 heavy (non-hydrogen) atoms. The molecule has 1 saturated heterocycles. The number of amides is 2. The minimum atomic E-state index is -1.09. The number of carboxylic acids is 1. The smallest absolute Gasteiger partial charge is 0.331 e. The summed E-state index contributed by atoms with van der Waals surface area (Å²) in [6.45, 7) is 7.36. The van der Waals surface area contributed by atoms with Gasteiger partial charge in [-0.25, -0.2) is 9.59 Å². The van der Waals surface area contributed by atoms with Gasteiger partial charge in [0.25, 0.3) is 0 Å². The highest BCUT2D eigenvalue weighted by atomic mass is 16.4. The van der Waals surface area contributed by atoms with E-state index in [2.05, 4.69) is 11.9 Å². The molecule has 1 fully saturated rings. The summed E-state index contributed by atoms with van der Waals surface area (Å²) in [7, 11) is 0. The van der Waals surface area contributed by atoms with Gasteiger partial charge in [-0.1, -0.05) is 26.0 Å². The van der Waals surface area contributed by atoms with Crippen LogP contribution < -0.4 is 10.2 Å². The van der Waals surface area contributed by atoms with Crippen LogP contribution >= 0.6 is 0 Å². The summed E-state index contributed by atoms with van der Waals surface area (Å²) >= 11 is 0. The molecule has 1 heterocycles.